The van der Waals surface area contributed by atoms with E-state index < -0.39 is 61.3 Å². The van der Waals surface area contributed by atoms with Crippen molar-refractivity contribution in [1.29, 1.82) is 0 Å². The van der Waals surface area contributed by atoms with Gasteiger partial charge in [0.05, 0.1) is 12.2 Å². The van der Waals surface area contributed by atoms with E-state index in [-0.39, 0.29) is 11.8 Å². The van der Waals surface area contributed by atoms with E-state index in [1.54, 1.807) is 13.8 Å². The summed E-state index contributed by atoms with van der Waals surface area (Å²) in [6.45, 7) is 8.20. The van der Waals surface area contributed by atoms with E-state index in [4.69, 9.17) is 30.4 Å². The largest absolute Gasteiger partial charge is 0.388 e. The standard InChI is InChI=1S/2C13H26N2O5/c2*1-8-11(17)12(18)10(15-9(2)16)13(20-8)19-7-5-3-4-6-14/h2*8,10-13,17-18H,3-7,14H2,1-2H3,(H,15,16)/t8?,10?,11-,12-,13+;8?,10?,11-,12-,13-/m11/s1. The highest BCUT2D eigenvalue weighted by Crippen LogP contribution is 2.23. The molecule has 14 heteroatoms. The molecular formula is C26H52N4O10. The first kappa shape index (κ1) is 36.6. The van der Waals surface area contributed by atoms with Crippen LogP contribution in [-0.4, -0.2) is 120 Å². The van der Waals surface area contributed by atoms with Gasteiger partial charge in [-0.15, -0.1) is 0 Å². The number of aliphatic hydroxyl groups is 4. The number of carbonyl (C=O) groups excluding carboxylic acids is 2. The fourth-order valence-electron chi connectivity index (χ4n) is 4.36. The number of unbranched alkanes of at least 4 members (excludes halogenated alkanes) is 4. The van der Waals surface area contributed by atoms with Crippen LogP contribution >= 0.6 is 0 Å². The van der Waals surface area contributed by atoms with Crippen LogP contribution < -0.4 is 22.1 Å². The molecule has 10 atom stereocenters. The van der Waals surface area contributed by atoms with Gasteiger partial charge in [0.2, 0.25) is 11.8 Å². The number of ether oxygens (including phenoxy) is 4. The Morgan fingerprint density at radius 3 is 1.30 bits per heavy atom. The fraction of sp³-hybridized carbons (Fsp3) is 0.923. The van der Waals surface area contributed by atoms with Crippen molar-refractivity contribution in [1.82, 2.24) is 10.6 Å². The summed E-state index contributed by atoms with van der Waals surface area (Å²) in [7, 11) is 0. The van der Waals surface area contributed by atoms with Gasteiger partial charge in [0.1, 0.15) is 36.5 Å². The molecule has 2 fully saturated rings. The van der Waals surface area contributed by atoms with Gasteiger partial charge in [-0.1, -0.05) is 0 Å². The lowest BCUT2D eigenvalue weighted by Gasteiger charge is -2.41. The summed E-state index contributed by atoms with van der Waals surface area (Å²) >= 11 is 0. The van der Waals surface area contributed by atoms with Crippen molar-refractivity contribution >= 4 is 11.8 Å². The molecule has 4 unspecified atom stereocenters. The number of hydrogen-bond donors (Lipinski definition) is 8. The average Bonchev–Trinajstić information content (AvgIpc) is 2.90. The van der Waals surface area contributed by atoms with Gasteiger partial charge in [0, 0.05) is 27.1 Å². The minimum Gasteiger partial charge on any atom is -0.388 e. The number of nitrogens with one attached hydrogen (secondary N) is 2. The lowest BCUT2D eigenvalue weighted by molar-refractivity contribution is -0.260. The van der Waals surface area contributed by atoms with E-state index in [2.05, 4.69) is 10.6 Å². The fourth-order valence-corrected chi connectivity index (χ4v) is 4.36. The molecule has 0 radical (unpaired) electrons. The minimum absolute atomic E-state index is 0.309. The molecule has 2 amide bonds. The van der Waals surface area contributed by atoms with Crippen molar-refractivity contribution in [2.24, 2.45) is 11.5 Å². The maximum absolute atomic E-state index is 11.2. The van der Waals surface area contributed by atoms with Crippen LogP contribution in [0.3, 0.4) is 0 Å². The molecule has 0 aliphatic carbocycles. The second-order valence-corrected chi connectivity index (χ2v) is 10.3. The molecule has 0 saturated carbocycles. The number of carbonyl (C=O) groups is 2. The third kappa shape index (κ3) is 12.6. The normalized spacial score (nSPS) is 34.0. The second kappa shape index (κ2) is 19.6. The summed E-state index contributed by atoms with van der Waals surface area (Å²) in [5.41, 5.74) is 10.8. The molecule has 0 aromatic rings. The quantitative estimate of drug-likeness (QED) is 0.107. The monoisotopic (exact) mass is 580 g/mol. The third-order valence-electron chi connectivity index (χ3n) is 6.68. The molecule has 0 bridgehead atoms. The summed E-state index contributed by atoms with van der Waals surface area (Å²) in [5.74, 6) is -0.618. The van der Waals surface area contributed by atoms with Crippen LogP contribution in [0.4, 0.5) is 0 Å². The van der Waals surface area contributed by atoms with Crippen molar-refractivity contribution in [2.75, 3.05) is 26.3 Å². The maximum atomic E-state index is 11.2. The highest BCUT2D eigenvalue weighted by Gasteiger charge is 2.44. The van der Waals surface area contributed by atoms with Gasteiger partial charge in [-0.05, 0) is 65.5 Å². The lowest BCUT2D eigenvalue weighted by Crippen LogP contribution is -2.63. The molecule has 236 valence electrons. The Labute approximate surface area is 237 Å². The van der Waals surface area contributed by atoms with E-state index in [0.717, 1.165) is 38.5 Å². The molecule has 10 N–H and O–H groups in total. The predicted octanol–water partition coefficient (Wildman–Crippen LogP) is -1.79. The third-order valence-corrected chi connectivity index (χ3v) is 6.68. The molecule has 2 heterocycles. The lowest BCUT2D eigenvalue weighted by atomic mass is 9.97. The van der Waals surface area contributed by atoms with E-state index >= 15 is 0 Å². The Balaban J connectivity index is 0.000000400. The number of hydrogen-bond acceptors (Lipinski definition) is 12. The van der Waals surface area contributed by atoms with E-state index in [9.17, 15) is 30.0 Å². The minimum atomic E-state index is -1.11. The van der Waals surface area contributed by atoms with Gasteiger partial charge < -0.3 is 61.5 Å². The number of aliphatic hydroxyl groups excluding tert-OH is 4. The van der Waals surface area contributed by atoms with Crippen molar-refractivity contribution in [3.05, 3.63) is 0 Å². The first-order chi connectivity index (χ1) is 18.9. The van der Waals surface area contributed by atoms with Gasteiger partial charge >= 0.3 is 0 Å². The Bertz CT molecular complexity index is 663. The van der Waals surface area contributed by atoms with Crippen LogP contribution in [-0.2, 0) is 28.5 Å². The van der Waals surface area contributed by atoms with Gasteiger partial charge in [0.25, 0.3) is 0 Å². The summed E-state index contributed by atoms with van der Waals surface area (Å²) < 4.78 is 22.2. The van der Waals surface area contributed by atoms with Crippen LogP contribution in [0, 0.1) is 0 Å². The topological polar surface area (TPSA) is 228 Å². The molecule has 2 aliphatic rings. The SMILES string of the molecule is CC(=O)NC1[C@@H](OCCCCCN)OC(C)[C@@H](O)[C@@H]1O.CC(=O)NC1[C@H](OCCCCCN)OC(C)[C@@H](O)[C@@H]1O. The van der Waals surface area contributed by atoms with Crippen molar-refractivity contribution in [3.8, 4) is 0 Å². The molecule has 2 aliphatic heterocycles. The van der Waals surface area contributed by atoms with Crippen molar-refractivity contribution in [3.63, 3.8) is 0 Å². The Morgan fingerprint density at radius 2 is 1.00 bits per heavy atom. The molecule has 2 saturated heterocycles. The predicted molar refractivity (Wildman–Crippen MR) is 146 cm³/mol. The van der Waals surface area contributed by atoms with Gasteiger partial charge in [-0.3, -0.25) is 9.59 Å². The van der Waals surface area contributed by atoms with Crippen LogP contribution in [0.2, 0.25) is 0 Å². The highest BCUT2D eigenvalue weighted by molar-refractivity contribution is 5.73. The first-order valence-electron chi connectivity index (χ1n) is 14.1. The summed E-state index contributed by atoms with van der Waals surface area (Å²) in [6.07, 6.45) is -1.52. The van der Waals surface area contributed by atoms with Crippen LogP contribution in [0.25, 0.3) is 0 Å². The molecule has 0 aromatic carbocycles. The van der Waals surface area contributed by atoms with Crippen LogP contribution in [0.5, 0.6) is 0 Å². The first-order valence-corrected chi connectivity index (χ1v) is 14.1. The van der Waals surface area contributed by atoms with E-state index in [1.165, 1.54) is 13.8 Å². The summed E-state index contributed by atoms with van der Waals surface area (Å²) in [5, 5.41) is 44.8. The van der Waals surface area contributed by atoms with Gasteiger partial charge in [-0.25, -0.2) is 0 Å². The molecule has 40 heavy (non-hydrogen) atoms. The Morgan fingerprint density at radius 1 is 0.650 bits per heavy atom. The van der Waals surface area contributed by atoms with E-state index in [0.29, 0.717) is 26.3 Å². The van der Waals surface area contributed by atoms with Crippen LogP contribution in [0.1, 0.15) is 66.2 Å². The average molecular weight is 581 g/mol. The van der Waals surface area contributed by atoms with E-state index in [1.807, 2.05) is 0 Å². The zero-order valence-corrected chi connectivity index (χ0v) is 24.2. The maximum Gasteiger partial charge on any atom is 0.217 e. The molecule has 0 aromatic heterocycles. The van der Waals surface area contributed by atoms with Gasteiger partial charge in [0.15, 0.2) is 12.6 Å². The van der Waals surface area contributed by atoms with Gasteiger partial charge in [-0.2, -0.15) is 0 Å². The number of rotatable bonds is 14. The second-order valence-electron chi connectivity index (χ2n) is 10.3. The highest BCUT2D eigenvalue weighted by atomic mass is 16.7. The van der Waals surface area contributed by atoms with Crippen molar-refractivity contribution < 1.29 is 49.0 Å². The Hall–Kier alpha value is -1.46. The summed E-state index contributed by atoms with van der Waals surface area (Å²) in [4.78, 5) is 22.4. The number of amides is 2. The molecule has 14 nitrogen and oxygen atoms in total. The Kier molecular flexibility index (Phi) is 17.9. The van der Waals surface area contributed by atoms with Crippen LogP contribution in [0.15, 0.2) is 0 Å². The summed E-state index contributed by atoms with van der Waals surface area (Å²) in [6, 6.07) is -1.54. The molecule has 0 spiro atoms. The zero-order valence-electron chi connectivity index (χ0n) is 24.2. The zero-order chi connectivity index (χ0) is 30.2. The molecular weight excluding hydrogens is 528 g/mol. The number of nitrogens with two attached hydrogens (primary N) is 2. The molecule has 2 rings (SSSR count). The van der Waals surface area contributed by atoms with Crippen molar-refractivity contribution in [2.45, 2.75) is 128 Å². The smallest absolute Gasteiger partial charge is 0.217 e.